The molecule has 0 atom stereocenters. The average Bonchev–Trinajstić information content (AvgIpc) is 3.09. The Hall–Kier alpha value is -3.40. The SMILES string of the molecule is COc1ccccc1C=C1SC(=Nc2ccc(S(N)(=O)=O)cc2)N(c2ccccc2)C1=O. The molecule has 0 aliphatic carbocycles. The summed E-state index contributed by atoms with van der Waals surface area (Å²) in [6.07, 6.45) is 1.77. The van der Waals surface area contributed by atoms with Crippen LogP contribution in [0, 0.1) is 0 Å². The second-order valence-electron chi connectivity index (χ2n) is 6.76. The first-order chi connectivity index (χ1) is 15.4. The number of nitrogens with two attached hydrogens (primary N) is 1. The van der Waals surface area contributed by atoms with E-state index in [4.69, 9.17) is 9.88 Å². The summed E-state index contributed by atoms with van der Waals surface area (Å²) in [5.41, 5.74) is 1.94. The highest BCUT2D eigenvalue weighted by molar-refractivity contribution is 8.19. The van der Waals surface area contributed by atoms with E-state index in [9.17, 15) is 13.2 Å². The summed E-state index contributed by atoms with van der Waals surface area (Å²) in [6.45, 7) is 0. The fourth-order valence-corrected chi connectivity index (χ4v) is 4.61. The number of amides is 1. The highest BCUT2D eigenvalue weighted by atomic mass is 32.2. The van der Waals surface area contributed by atoms with Crippen LogP contribution in [0.2, 0.25) is 0 Å². The molecule has 0 radical (unpaired) electrons. The van der Waals surface area contributed by atoms with Crippen molar-refractivity contribution in [1.29, 1.82) is 0 Å². The molecule has 3 aromatic carbocycles. The van der Waals surface area contributed by atoms with Crippen molar-refractivity contribution in [3.8, 4) is 5.75 Å². The minimum Gasteiger partial charge on any atom is -0.496 e. The number of hydrogen-bond acceptors (Lipinski definition) is 6. The number of hydrogen-bond donors (Lipinski definition) is 1. The number of nitrogens with zero attached hydrogens (tertiary/aromatic N) is 2. The largest absolute Gasteiger partial charge is 0.496 e. The number of methoxy groups -OCH3 is 1. The third-order valence-electron chi connectivity index (χ3n) is 4.64. The van der Waals surface area contributed by atoms with Crippen LogP contribution in [0.3, 0.4) is 0 Å². The minimum atomic E-state index is -3.80. The Morgan fingerprint density at radius 3 is 2.28 bits per heavy atom. The van der Waals surface area contributed by atoms with Gasteiger partial charge in [-0.15, -0.1) is 0 Å². The molecule has 0 aromatic heterocycles. The van der Waals surface area contributed by atoms with Gasteiger partial charge in [-0.3, -0.25) is 9.69 Å². The Bertz CT molecular complexity index is 1320. The summed E-state index contributed by atoms with van der Waals surface area (Å²) < 4.78 is 28.4. The Labute approximate surface area is 190 Å². The van der Waals surface area contributed by atoms with E-state index in [0.717, 1.165) is 5.56 Å². The van der Waals surface area contributed by atoms with Crippen molar-refractivity contribution in [2.75, 3.05) is 12.0 Å². The molecule has 0 spiro atoms. The lowest BCUT2D eigenvalue weighted by molar-refractivity contribution is -0.113. The number of carbonyl (C=O) groups is 1. The molecule has 1 fully saturated rings. The first-order valence-corrected chi connectivity index (χ1v) is 11.9. The van der Waals surface area contributed by atoms with Crippen molar-refractivity contribution in [2.24, 2.45) is 10.1 Å². The van der Waals surface area contributed by atoms with Gasteiger partial charge in [0.15, 0.2) is 5.17 Å². The highest BCUT2D eigenvalue weighted by Gasteiger charge is 2.34. The summed E-state index contributed by atoms with van der Waals surface area (Å²) in [7, 11) is -2.22. The molecule has 0 bridgehead atoms. The van der Waals surface area contributed by atoms with E-state index >= 15 is 0 Å². The van der Waals surface area contributed by atoms with Crippen LogP contribution in [0.4, 0.5) is 11.4 Å². The molecular formula is C23H19N3O4S2. The van der Waals surface area contributed by atoms with Crippen LogP contribution in [0.25, 0.3) is 6.08 Å². The zero-order chi connectivity index (χ0) is 22.7. The molecule has 1 heterocycles. The van der Waals surface area contributed by atoms with Crippen LogP contribution in [-0.2, 0) is 14.8 Å². The van der Waals surface area contributed by atoms with E-state index in [0.29, 0.717) is 27.2 Å². The summed E-state index contributed by atoms with van der Waals surface area (Å²) in [6, 6.07) is 22.5. The Kier molecular flexibility index (Phi) is 6.13. The van der Waals surface area contributed by atoms with Gasteiger partial charge in [-0.2, -0.15) is 0 Å². The lowest BCUT2D eigenvalue weighted by Gasteiger charge is -2.15. The normalized spacial score (nSPS) is 16.7. The molecule has 162 valence electrons. The van der Waals surface area contributed by atoms with Gasteiger partial charge in [0.1, 0.15) is 5.75 Å². The quantitative estimate of drug-likeness (QED) is 0.570. The van der Waals surface area contributed by atoms with Crippen molar-refractivity contribution in [3.05, 3.63) is 89.3 Å². The molecule has 0 saturated carbocycles. The number of ether oxygens (including phenoxy) is 1. The van der Waals surface area contributed by atoms with E-state index in [1.54, 1.807) is 25.3 Å². The van der Waals surface area contributed by atoms with E-state index < -0.39 is 10.0 Å². The van der Waals surface area contributed by atoms with Gasteiger partial charge in [0.25, 0.3) is 5.91 Å². The minimum absolute atomic E-state index is 0.00623. The summed E-state index contributed by atoms with van der Waals surface area (Å²) in [5.74, 6) is 0.440. The number of rotatable bonds is 5. The van der Waals surface area contributed by atoms with Crippen molar-refractivity contribution in [2.45, 2.75) is 4.90 Å². The average molecular weight is 466 g/mol. The van der Waals surface area contributed by atoms with Gasteiger partial charge in [-0.25, -0.2) is 18.5 Å². The van der Waals surface area contributed by atoms with Crippen molar-refractivity contribution in [1.82, 2.24) is 0 Å². The van der Waals surface area contributed by atoms with Gasteiger partial charge in [-0.05, 0) is 60.3 Å². The third-order valence-corrected chi connectivity index (χ3v) is 6.53. The van der Waals surface area contributed by atoms with Gasteiger partial charge in [0, 0.05) is 5.56 Å². The maximum atomic E-state index is 13.3. The fourth-order valence-electron chi connectivity index (χ4n) is 3.10. The molecule has 1 aliphatic heterocycles. The van der Waals surface area contributed by atoms with E-state index in [-0.39, 0.29) is 10.8 Å². The molecule has 2 N–H and O–H groups in total. The lowest BCUT2D eigenvalue weighted by atomic mass is 10.2. The van der Waals surface area contributed by atoms with E-state index in [1.165, 1.54) is 28.8 Å². The smallest absolute Gasteiger partial charge is 0.271 e. The van der Waals surface area contributed by atoms with Gasteiger partial charge >= 0.3 is 0 Å². The number of anilines is 1. The fraction of sp³-hybridized carbons (Fsp3) is 0.0435. The number of sulfonamides is 1. The lowest BCUT2D eigenvalue weighted by Crippen LogP contribution is -2.28. The topological polar surface area (TPSA) is 102 Å². The molecule has 0 unspecified atom stereocenters. The third kappa shape index (κ3) is 4.59. The van der Waals surface area contributed by atoms with Gasteiger partial charge in [0.05, 0.1) is 28.3 Å². The monoisotopic (exact) mass is 465 g/mol. The Morgan fingerprint density at radius 2 is 1.62 bits per heavy atom. The first-order valence-electron chi connectivity index (χ1n) is 9.50. The second-order valence-corrected chi connectivity index (χ2v) is 9.33. The van der Waals surface area contributed by atoms with Crippen molar-refractivity contribution < 1.29 is 17.9 Å². The van der Waals surface area contributed by atoms with E-state index in [2.05, 4.69) is 4.99 Å². The predicted octanol–water partition coefficient (Wildman–Crippen LogP) is 4.15. The molecule has 1 amide bonds. The van der Waals surface area contributed by atoms with Crippen molar-refractivity contribution in [3.63, 3.8) is 0 Å². The van der Waals surface area contributed by atoms with Crippen LogP contribution in [0.5, 0.6) is 5.75 Å². The van der Waals surface area contributed by atoms with Gasteiger partial charge < -0.3 is 4.74 Å². The summed E-state index contributed by atoms with van der Waals surface area (Å²) in [4.78, 5) is 19.9. The van der Waals surface area contributed by atoms with Crippen LogP contribution in [-0.4, -0.2) is 26.6 Å². The standard InChI is InChI=1S/C23H19N3O4S2/c1-30-20-10-6-5-7-16(20)15-21-22(27)26(18-8-3-2-4-9-18)23(31-21)25-17-11-13-19(14-12-17)32(24,28)29/h2-15H,1H3,(H2,24,28,29). The maximum absolute atomic E-state index is 13.3. The number of aliphatic imine (C=N–C) groups is 1. The van der Waals surface area contributed by atoms with Crippen LogP contribution >= 0.6 is 11.8 Å². The molecule has 7 nitrogen and oxygen atoms in total. The maximum Gasteiger partial charge on any atom is 0.271 e. The van der Waals surface area contributed by atoms with Gasteiger partial charge in [-0.1, -0.05) is 36.4 Å². The molecule has 1 aliphatic rings. The number of carbonyl (C=O) groups excluding carboxylic acids is 1. The molecule has 1 saturated heterocycles. The molecule has 4 rings (SSSR count). The van der Waals surface area contributed by atoms with Crippen molar-refractivity contribution >= 4 is 50.3 Å². The molecule has 9 heteroatoms. The predicted molar refractivity (Wildman–Crippen MR) is 127 cm³/mol. The highest BCUT2D eigenvalue weighted by Crippen LogP contribution is 2.38. The first kappa shape index (κ1) is 21.8. The number of thioether (sulfide) groups is 1. The molecule has 32 heavy (non-hydrogen) atoms. The molecule has 3 aromatic rings. The Balaban J connectivity index is 1.76. The Morgan fingerprint density at radius 1 is 0.969 bits per heavy atom. The number of amidine groups is 1. The zero-order valence-corrected chi connectivity index (χ0v) is 18.6. The van der Waals surface area contributed by atoms with Gasteiger partial charge in [0.2, 0.25) is 10.0 Å². The van der Waals surface area contributed by atoms with Crippen LogP contribution in [0.1, 0.15) is 5.56 Å². The van der Waals surface area contributed by atoms with Crippen LogP contribution in [0.15, 0.2) is 93.7 Å². The summed E-state index contributed by atoms with van der Waals surface area (Å²) >= 11 is 1.23. The van der Waals surface area contributed by atoms with E-state index in [1.807, 2.05) is 54.6 Å². The van der Waals surface area contributed by atoms with Crippen LogP contribution < -0.4 is 14.8 Å². The number of para-hydroxylation sites is 2. The summed E-state index contributed by atoms with van der Waals surface area (Å²) in [5, 5.41) is 5.61. The zero-order valence-electron chi connectivity index (χ0n) is 17.0. The molecular weight excluding hydrogens is 446 g/mol. The number of benzene rings is 3. The number of primary sulfonamides is 1. The second kappa shape index (κ2) is 8.99.